The molecule has 1 N–H and O–H groups in total. The minimum Gasteiger partial charge on any atom is -0.354 e. The lowest BCUT2D eigenvalue weighted by Crippen LogP contribution is -2.41. The lowest BCUT2D eigenvalue weighted by molar-refractivity contribution is -0.126. The summed E-state index contributed by atoms with van der Waals surface area (Å²) in [4.78, 5) is 18.9. The van der Waals surface area contributed by atoms with Crippen LogP contribution in [0.2, 0.25) is 5.02 Å². The molecule has 0 bridgehead atoms. The van der Waals surface area contributed by atoms with Gasteiger partial charge in [0.1, 0.15) is 5.82 Å². The van der Waals surface area contributed by atoms with Crippen LogP contribution in [0.5, 0.6) is 0 Å². The fourth-order valence-electron chi connectivity index (χ4n) is 3.30. The van der Waals surface area contributed by atoms with Gasteiger partial charge in [-0.3, -0.25) is 9.69 Å². The summed E-state index contributed by atoms with van der Waals surface area (Å²) >= 11 is 6.24. The third kappa shape index (κ3) is 4.83. The van der Waals surface area contributed by atoms with Gasteiger partial charge in [-0.25, -0.2) is 4.98 Å². The normalized spacial score (nSPS) is 16.1. The first kappa shape index (κ1) is 18.0. The van der Waals surface area contributed by atoms with Crippen LogP contribution in [0.4, 0.5) is 0 Å². The number of imidazole rings is 1. The van der Waals surface area contributed by atoms with E-state index in [1.54, 1.807) is 6.20 Å². The van der Waals surface area contributed by atoms with Crippen molar-refractivity contribution in [3.8, 4) is 0 Å². The van der Waals surface area contributed by atoms with E-state index in [0.717, 1.165) is 55.4 Å². The number of nitrogens with zero attached hydrogens (tertiary/aromatic N) is 3. The summed E-state index contributed by atoms with van der Waals surface area (Å²) in [6.45, 7) is 6.11. The van der Waals surface area contributed by atoms with Gasteiger partial charge in [-0.15, -0.1) is 0 Å². The van der Waals surface area contributed by atoms with Crippen LogP contribution in [0.15, 0.2) is 36.7 Å². The van der Waals surface area contributed by atoms with Crippen LogP contribution >= 0.6 is 11.6 Å². The maximum Gasteiger partial charge on any atom is 0.223 e. The number of aryl methyl sites for hydroxylation is 1. The standard InChI is InChI=1S/C19H25ClN4O/c1-15-21-8-12-24(15)13-9-22-19(25)16-6-10-23(11-7-16)14-17-4-2-3-5-18(17)20/h2-5,8,12,16H,6-7,9-11,13-14H2,1H3,(H,22,25). The molecular formula is C19H25ClN4O. The molecule has 1 aliphatic heterocycles. The molecule has 1 amide bonds. The van der Waals surface area contributed by atoms with Crippen molar-refractivity contribution in [3.63, 3.8) is 0 Å². The molecule has 1 fully saturated rings. The monoisotopic (exact) mass is 360 g/mol. The summed E-state index contributed by atoms with van der Waals surface area (Å²) in [5.41, 5.74) is 1.16. The van der Waals surface area contributed by atoms with Crippen molar-refractivity contribution < 1.29 is 4.79 Å². The number of likely N-dealkylation sites (tertiary alicyclic amines) is 1. The van der Waals surface area contributed by atoms with Crippen molar-refractivity contribution in [2.75, 3.05) is 19.6 Å². The average Bonchev–Trinajstić information content (AvgIpc) is 3.02. The molecular weight excluding hydrogens is 336 g/mol. The van der Waals surface area contributed by atoms with Crippen LogP contribution in [0.3, 0.4) is 0 Å². The molecule has 5 nitrogen and oxygen atoms in total. The fourth-order valence-corrected chi connectivity index (χ4v) is 3.50. The number of benzene rings is 1. The molecule has 0 unspecified atom stereocenters. The molecule has 2 heterocycles. The number of nitrogens with one attached hydrogen (secondary N) is 1. The van der Waals surface area contributed by atoms with Crippen LogP contribution in [-0.4, -0.2) is 40.0 Å². The zero-order valence-corrected chi connectivity index (χ0v) is 15.4. The van der Waals surface area contributed by atoms with Crippen LogP contribution in [0.25, 0.3) is 0 Å². The highest BCUT2D eigenvalue weighted by molar-refractivity contribution is 6.31. The molecule has 0 radical (unpaired) electrons. The molecule has 25 heavy (non-hydrogen) atoms. The van der Waals surface area contributed by atoms with E-state index in [9.17, 15) is 4.79 Å². The minimum atomic E-state index is 0.117. The summed E-state index contributed by atoms with van der Waals surface area (Å²) < 4.78 is 2.05. The number of halogens is 1. The first-order chi connectivity index (χ1) is 12.1. The smallest absolute Gasteiger partial charge is 0.223 e. The zero-order chi connectivity index (χ0) is 17.6. The summed E-state index contributed by atoms with van der Waals surface area (Å²) in [6, 6.07) is 7.97. The zero-order valence-electron chi connectivity index (χ0n) is 14.6. The van der Waals surface area contributed by atoms with Crippen molar-refractivity contribution in [1.29, 1.82) is 0 Å². The van der Waals surface area contributed by atoms with Crippen molar-refractivity contribution >= 4 is 17.5 Å². The van der Waals surface area contributed by atoms with Crippen LogP contribution in [0.1, 0.15) is 24.2 Å². The van der Waals surface area contributed by atoms with Gasteiger partial charge in [-0.2, -0.15) is 0 Å². The Labute approximate surface area is 154 Å². The number of amides is 1. The molecule has 2 aromatic rings. The molecule has 6 heteroatoms. The highest BCUT2D eigenvalue weighted by atomic mass is 35.5. The maximum absolute atomic E-state index is 12.4. The second-order valence-electron chi connectivity index (χ2n) is 6.60. The van der Waals surface area contributed by atoms with Gasteiger partial charge in [0.15, 0.2) is 0 Å². The highest BCUT2D eigenvalue weighted by Gasteiger charge is 2.24. The predicted molar refractivity (Wildman–Crippen MR) is 99.4 cm³/mol. The van der Waals surface area contributed by atoms with Gasteiger partial charge in [-0.05, 0) is 44.5 Å². The van der Waals surface area contributed by atoms with Gasteiger partial charge in [0.25, 0.3) is 0 Å². The number of hydrogen-bond acceptors (Lipinski definition) is 3. The first-order valence-corrected chi connectivity index (χ1v) is 9.22. The van der Waals surface area contributed by atoms with E-state index in [2.05, 4.69) is 21.3 Å². The summed E-state index contributed by atoms with van der Waals surface area (Å²) in [7, 11) is 0. The molecule has 1 aromatic heterocycles. The Hall–Kier alpha value is -1.85. The van der Waals surface area contributed by atoms with Crippen molar-refractivity contribution in [2.24, 2.45) is 5.92 Å². The molecule has 134 valence electrons. The van der Waals surface area contributed by atoms with Crippen LogP contribution in [-0.2, 0) is 17.9 Å². The van der Waals surface area contributed by atoms with Crippen LogP contribution in [0, 0.1) is 12.8 Å². The Morgan fingerprint density at radius 3 is 2.76 bits per heavy atom. The number of piperidine rings is 1. The fraction of sp³-hybridized carbons (Fsp3) is 0.474. The van der Waals surface area contributed by atoms with E-state index in [-0.39, 0.29) is 11.8 Å². The van der Waals surface area contributed by atoms with Gasteiger partial charge in [0, 0.05) is 43.0 Å². The predicted octanol–water partition coefficient (Wildman–Crippen LogP) is 2.87. The van der Waals surface area contributed by atoms with Gasteiger partial charge in [0.05, 0.1) is 0 Å². The topological polar surface area (TPSA) is 50.2 Å². The third-order valence-corrected chi connectivity index (χ3v) is 5.25. The molecule has 0 aliphatic carbocycles. The SMILES string of the molecule is Cc1nccn1CCNC(=O)C1CCN(Cc2ccccc2Cl)CC1. The van der Waals surface area contributed by atoms with E-state index >= 15 is 0 Å². The number of hydrogen-bond donors (Lipinski definition) is 1. The van der Waals surface area contributed by atoms with Crippen molar-refractivity contribution in [1.82, 2.24) is 19.8 Å². The Morgan fingerprint density at radius 1 is 1.32 bits per heavy atom. The van der Waals surface area contributed by atoms with Crippen molar-refractivity contribution in [2.45, 2.75) is 32.9 Å². The number of carbonyl (C=O) groups excluding carboxylic acids is 1. The van der Waals surface area contributed by atoms with E-state index in [4.69, 9.17) is 11.6 Å². The number of carbonyl (C=O) groups is 1. The Kier molecular flexibility index (Phi) is 6.10. The maximum atomic E-state index is 12.4. The van der Waals surface area contributed by atoms with E-state index < -0.39 is 0 Å². The van der Waals surface area contributed by atoms with E-state index in [1.165, 1.54) is 0 Å². The third-order valence-electron chi connectivity index (χ3n) is 4.89. The number of aromatic nitrogens is 2. The molecule has 1 aliphatic rings. The second kappa shape index (κ2) is 8.50. The molecule has 1 saturated heterocycles. The second-order valence-corrected chi connectivity index (χ2v) is 7.01. The molecule has 1 aromatic carbocycles. The minimum absolute atomic E-state index is 0.117. The Morgan fingerprint density at radius 2 is 2.08 bits per heavy atom. The summed E-state index contributed by atoms with van der Waals surface area (Å²) in [5, 5.41) is 3.88. The quantitative estimate of drug-likeness (QED) is 0.861. The lowest BCUT2D eigenvalue weighted by atomic mass is 9.95. The van der Waals surface area contributed by atoms with Gasteiger partial charge in [-0.1, -0.05) is 29.8 Å². The summed E-state index contributed by atoms with van der Waals surface area (Å²) in [6.07, 6.45) is 5.53. The number of rotatable bonds is 6. The highest BCUT2D eigenvalue weighted by Crippen LogP contribution is 2.22. The van der Waals surface area contributed by atoms with Gasteiger partial charge >= 0.3 is 0 Å². The molecule has 3 rings (SSSR count). The molecule has 0 atom stereocenters. The lowest BCUT2D eigenvalue weighted by Gasteiger charge is -2.31. The Bertz CT molecular complexity index is 707. The van der Waals surface area contributed by atoms with Crippen molar-refractivity contribution in [3.05, 3.63) is 53.1 Å². The van der Waals surface area contributed by atoms with E-state index in [0.29, 0.717) is 6.54 Å². The van der Waals surface area contributed by atoms with Gasteiger partial charge in [0.2, 0.25) is 5.91 Å². The van der Waals surface area contributed by atoms with E-state index in [1.807, 2.05) is 35.9 Å². The summed E-state index contributed by atoms with van der Waals surface area (Å²) in [5.74, 6) is 1.27. The molecule has 0 spiro atoms. The first-order valence-electron chi connectivity index (χ1n) is 8.84. The van der Waals surface area contributed by atoms with Gasteiger partial charge < -0.3 is 9.88 Å². The molecule has 0 saturated carbocycles. The van der Waals surface area contributed by atoms with Crippen LogP contribution < -0.4 is 5.32 Å². The average molecular weight is 361 g/mol. The Balaban J connectivity index is 1.40. The largest absolute Gasteiger partial charge is 0.354 e.